The molecular weight excluding hydrogens is 454 g/mol. The van der Waals surface area contributed by atoms with Gasteiger partial charge in [0, 0.05) is 43.3 Å². The van der Waals surface area contributed by atoms with Crippen LogP contribution >= 0.6 is 0 Å². The van der Waals surface area contributed by atoms with Crippen molar-refractivity contribution in [2.75, 3.05) is 26.2 Å². The smallest absolute Gasteiger partial charge is 0.251 e. The van der Waals surface area contributed by atoms with E-state index in [0.717, 1.165) is 58.0 Å². The molecule has 2 heterocycles. The number of carbonyl (C=O) groups is 2. The van der Waals surface area contributed by atoms with E-state index in [4.69, 9.17) is 0 Å². The van der Waals surface area contributed by atoms with Gasteiger partial charge in [-0.3, -0.25) is 14.5 Å². The summed E-state index contributed by atoms with van der Waals surface area (Å²) in [6.07, 6.45) is 9.32. The van der Waals surface area contributed by atoms with E-state index in [2.05, 4.69) is 10.2 Å². The Kier molecular flexibility index (Phi) is 6.59. The fourth-order valence-electron chi connectivity index (χ4n) is 8.91. The number of rotatable bonds is 8. The Morgan fingerprint density at radius 1 is 1.00 bits per heavy atom. The zero-order valence-corrected chi connectivity index (χ0v) is 21.2. The molecule has 1 aromatic carbocycles. The molecule has 3 N–H and O–H groups in total. The van der Waals surface area contributed by atoms with Gasteiger partial charge in [0.1, 0.15) is 6.61 Å². The summed E-state index contributed by atoms with van der Waals surface area (Å²) in [6, 6.07) is 10.5. The topological polar surface area (TPSA) is 93.1 Å². The number of aliphatic hydroxyl groups excluding tert-OH is 1. The predicted octanol–water partition coefficient (Wildman–Crippen LogP) is 2.42. The Labute approximate surface area is 214 Å². The largest absolute Gasteiger partial charge is 0.390 e. The highest BCUT2D eigenvalue weighted by Gasteiger charge is 2.55. The first-order chi connectivity index (χ1) is 17.4. The molecule has 2 saturated heterocycles. The van der Waals surface area contributed by atoms with Gasteiger partial charge in [-0.2, -0.15) is 0 Å². The van der Waals surface area contributed by atoms with Crippen molar-refractivity contribution in [3.8, 4) is 0 Å². The summed E-state index contributed by atoms with van der Waals surface area (Å²) >= 11 is 0. The van der Waals surface area contributed by atoms with Crippen molar-refractivity contribution in [3.05, 3.63) is 35.9 Å². The van der Waals surface area contributed by atoms with Crippen LogP contribution in [-0.4, -0.2) is 81.8 Å². The van der Waals surface area contributed by atoms with Crippen LogP contribution in [0.1, 0.15) is 68.1 Å². The van der Waals surface area contributed by atoms with Gasteiger partial charge >= 0.3 is 0 Å². The minimum absolute atomic E-state index is 0.00786. The third kappa shape index (κ3) is 4.70. The molecule has 7 rings (SSSR count). The number of fused-ring (bicyclic) bond motifs is 2. The first kappa shape index (κ1) is 24.4. The number of amides is 2. The minimum atomic E-state index is -0.460. The maximum absolute atomic E-state index is 12.8. The standard InChI is InChI=1S/C29H41N3O4/c33-18-27(34)31(17-26-21-10-19-11-22(26)16-29(36,14-19)15-21)8-9-32-24-6-7-25(32)13-23(12-24)30-28(35)20-4-2-1-3-5-20/h1-5,19,21-26,33,36H,6-18H2,(H,30,35). The predicted molar refractivity (Wildman–Crippen MR) is 136 cm³/mol. The normalized spacial score (nSPS) is 38.8. The lowest BCUT2D eigenvalue weighted by Crippen LogP contribution is -2.58. The van der Waals surface area contributed by atoms with E-state index in [1.807, 2.05) is 35.2 Å². The number of nitrogens with zero attached hydrogens (tertiary/aromatic N) is 2. The van der Waals surface area contributed by atoms with Gasteiger partial charge in [-0.25, -0.2) is 0 Å². The highest BCUT2D eigenvalue weighted by atomic mass is 16.3. The second-order valence-corrected chi connectivity index (χ2v) is 12.5. The van der Waals surface area contributed by atoms with E-state index < -0.39 is 12.2 Å². The lowest BCUT2D eigenvalue weighted by atomic mass is 9.50. The van der Waals surface area contributed by atoms with Crippen LogP contribution in [0.15, 0.2) is 30.3 Å². The number of hydrogen-bond donors (Lipinski definition) is 3. The van der Waals surface area contributed by atoms with Crippen LogP contribution in [0.3, 0.4) is 0 Å². The summed E-state index contributed by atoms with van der Waals surface area (Å²) in [4.78, 5) is 29.9. The van der Waals surface area contributed by atoms with Crippen LogP contribution in [0, 0.1) is 23.7 Å². The van der Waals surface area contributed by atoms with Crippen LogP contribution in [0.25, 0.3) is 0 Å². The van der Waals surface area contributed by atoms with Crippen LogP contribution < -0.4 is 5.32 Å². The molecule has 4 atom stereocenters. The van der Waals surface area contributed by atoms with Crippen molar-refractivity contribution < 1.29 is 19.8 Å². The van der Waals surface area contributed by atoms with Crippen LogP contribution in [0.5, 0.6) is 0 Å². The molecule has 36 heavy (non-hydrogen) atoms. The van der Waals surface area contributed by atoms with Gasteiger partial charge < -0.3 is 20.4 Å². The molecule has 4 aliphatic carbocycles. The van der Waals surface area contributed by atoms with Crippen molar-refractivity contribution in [3.63, 3.8) is 0 Å². The minimum Gasteiger partial charge on any atom is -0.390 e. The first-order valence-electron chi connectivity index (χ1n) is 14.1. The molecule has 2 aliphatic heterocycles. The maximum Gasteiger partial charge on any atom is 0.251 e. The fourth-order valence-corrected chi connectivity index (χ4v) is 8.91. The van der Waals surface area contributed by atoms with Crippen LogP contribution in [0.4, 0.5) is 0 Å². The van der Waals surface area contributed by atoms with Crippen molar-refractivity contribution in [1.29, 1.82) is 0 Å². The summed E-state index contributed by atoms with van der Waals surface area (Å²) in [7, 11) is 0. The molecular formula is C29H41N3O4. The Bertz CT molecular complexity index is 941. The van der Waals surface area contributed by atoms with E-state index in [9.17, 15) is 19.8 Å². The SMILES string of the molecule is O=C(NC1CC2CCC(C1)N2CCN(CC1C2CC3CC1CC(O)(C3)C2)C(=O)CO)c1ccccc1. The molecule has 6 aliphatic rings. The van der Waals surface area contributed by atoms with E-state index in [1.165, 1.54) is 12.8 Å². The van der Waals surface area contributed by atoms with Gasteiger partial charge in [0.15, 0.2) is 0 Å². The van der Waals surface area contributed by atoms with E-state index >= 15 is 0 Å². The molecule has 0 radical (unpaired) electrons. The van der Waals surface area contributed by atoms with Crippen molar-refractivity contribution in [2.24, 2.45) is 23.7 Å². The Morgan fingerprint density at radius 2 is 1.67 bits per heavy atom. The lowest BCUT2D eigenvalue weighted by Gasteiger charge is -2.58. The third-order valence-electron chi connectivity index (χ3n) is 10.2. The first-order valence-corrected chi connectivity index (χ1v) is 14.1. The highest BCUT2D eigenvalue weighted by molar-refractivity contribution is 5.94. The van der Waals surface area contributed by atoms with Gasteiger partial charge in [-0.05, 0) is 93.6 Å². The van der Waals surface area contributed by atoms with E-state index in [1.54, 1.807) is 0 Å². The molecule has 0 aromatic heterocycles. The van der Waals surface area contributed by atoms with Crippen molar-refractivity contribution >= 4 is 11.8 Å². The second-order valence-electron chi connectivity index (χ2n) is 12.5. The molecule has 196 valence electrons. The summed E-state index contributed by atoms with van der Waals surface area (Å²) in [6.45, 7) is 1.76. The van der Waals surface area contributed by atoms with E-state index in [-0.39, 0.29) is 17.9 Å². The van der Waals surface area contributed by atoms with Gasteiger partial charge in [0.2, 0.25) is 5.91 Å². The van der Waals surface area contributed by atoms with Gasteiger partial charge in [-0.15, -0.1) is 0 Å². The van der Waals surface area contributed by atoms with Crippen molar-refractivity contribution in [1.82, 2.24) is 15.1 Å². The molecule has 2 amide bonds. The van der Waals surface area contributed by atoms with Gasteiger partial charge in [-0.1, -0.05) is 18.2 Å². The van der Waals surface area contributed by atoms with Crippen LogP contribution in [-0.2, 0) is 4.79 Å². The highest BCUT2D eigenvalue weighted by Crippen LogP contribution is 2.58. The molecule has 1 aromatic rings. The number of carbonyl (C=O) groups excluding carboxylic acids is 2. The number of piperidine rings is 1. The van der Waals surface area contributed by atoms with Gasteiger partial charge in [0.25, 0.3) is 5.91 Å². The Balaban J connectivity index is 1.05. The summed E-state index contributed by atoms with van der Waals surface area (Å²) < 4.78 is 0. The Morgan fingerprint density at radius 3 is 2.28 bits per heavy atom. The summed E-state index contributed by atoms with van der Waals surface area (Å²) in [5.41, 5.74) is 0.250. The van der Waals surface area contributed by atoms with Crippen LogP contribution in [0.2, 0.25) is 0 Å². The molecule has 7 heteroatoms. The van der Waals surface area contributed by atoms with Crippen molar-refractivity contribution in [2.45, 2.75) is 81.5 Å². The molecule has 6 bridgehead atoms. The number of hydrogen-bond acceptors (Lipinski definition) is 5. The quantitative estimate of drug-likeness (QED) is 0.515. The zero-order valence-electron chi connectivity index (χ0n) is 21.2. The molecule has 7 nitrogen and oxygen atoms in total. The maximum atomic E-state index is 12.8. The third-order valence-corrected chi connectivity index (χ3v) is 10.2. The zero-order chi connectivity index (χ0) is 24.9. The number of nitrogens with one attached hydrogen (secondary N) is 1. The lowest BCUT2D eigenvalue weighted by molar-refractivity contribution is -0.160. The number of benzene rings is 1. The summed E-state index contributed by atoms with van der Waals surface area (Å²) in [5, 5.41) is 23.9. The Hall–Kier alpha value is -1.96. The monoisotopic (exact) mass is 495 g/mol. The molecule has 4 unspecified atom stereocenters. The second kappa shape index (κ2) is 9.73. The van der Waals surface area contributed by atoms with E-state index in [0.29, 0.717) is 47.9 Å². The average Bonchev–Trinajstić information content (AvgIpc) is 3.09. The van der Waals surface area contributed by atoms with Gasteiger partial charge in [0.05, 0.1) is 5.60 Å². The molecule has 4 saturated carbocycles. The molecule has 6 fully saturated rings. The molecule has 0 spiro atoms. The summed E-state index contributed by atoms with van der Waals surface area (Å²) in [5.74, 6) is 1.97. The number of aliphatic hydroxyl groups is 2. The average molecular weight is 496 g/mol. The fraction of sp³-hybridized carbons (Fsp3) is 0.724.